The van der Waals surface area contributed by atoms with E-state index in [9.17, 15) is 4.79 Å². The topological polar surface area (TPSA) is 72.9 Å². The Morgan fingerprint density at radius 3 is 2.60 bits per heavy atom. The van der Waals surface area contributed by atoms with Gasteiger partial charge in [0.1, 0.15) is 0 Å². The van der Waals surface area contributed by atoms with Crippen molar-refractivity contribution < 1.29 is 19.0 Å². The molecule has 3 rings (SSSR count). The number of carbonyl (C=O) groups is 1. The Labute approximate surface area is 146 Å². The van der Waals surface area contributed by atoms with Crippen molar-refractivity contribution in [2.75, 3.05) is 50.7 Å². The number of anilines is 2. The van der Waals surface area contributed by atoms with Crippen LogP contribution < -0.4 is 19.7 Å². The lowest BCUT2D eigenvalue weighted by molar-refractivity contribution is 0.102. The predicted octanol–water partition coefficient (Wildman–Crippen LogP) is 2.19. The van der Waals surface area contributed by atoms with Gasteiger partial charge in [0.05, 0.1) is 44.9 Å². The van der Waals surface area contributed by atoms with Crippen LogP contribution in [-0.2, 0) is 4.74 Å². The maximum absolute atomic E-state index is 12.5. The number of pyridine rings is 1. The molecule has 1 aromatic heterocycles. The summed E-state index contributed by atoms with van der Waals surface area (Å²) in [7, 11) is 3.12. The second-order valence-corrected chi connectivity index (χ2v) is 5.56. The van der Waals surface area contributed by atoms with Gasteiger partial charge < -0.3 is 24.4 Å². The molecule has 0 aliphatic carbocycles. The summed E-state index contributed by atoms with van der Waals surface area (Å²) >= 11 is 0. The summed E-state index contributed by atoms with van der Waals surface area (Å²) in [6.07, 6.45) is 3.32. The van der Waals surface area contributed by atoms with E-state index >= 15 is 0 Å². The van der Waals surface area contributed by atoms with Crippen molar-refractivity contribution in [1.82, 2.24) is 4.98 Å². The molecule has 2 aromatic rings. The number of benzene rings is 1. The highest BCUT2D eigenvalue weighted by atomic mass is 16.5. The number of nitrogens with zero attached hydrogens (tertiary/aromatic N) is 2. The maximum Gasteiger partial charge on any atom is 0.257 e. The van der Waals surface area contributed by atoms with Crippen LogP contribution in [0.2, 0.25) is 0 Å². The fraction of sp³-hybridized carbons (Fsp3) is 0.333. The molecule has 1 aliphatic heterocycles. The first-order valence-electron chi connectivity index (χ1n) is 8.02. The Kier molecular flexibility index (Phi) is 5.35. The number of hydrogen-bond donors (Lipinski definition) is 1. The molecule has 0 saturated carbocycles. The molecule has 1 saturated heterocycles. The molecule has 0 unspecified atom stereocenters. The lowest BCUT2D eigenvalue weighted by Gasteiger charge is -2.28. The van der Waals surface area contributed by atoms with E-state index in [2.05, 4.69) is 15.2 Å². The molecule has 0 bridgehead atoms. The SMILES string of the molecule is COc1ccc(NC(=O)c2cncc(N3CCOCC3)c2)cc1OC. The Hall–Kier alpha value is -2.80. The molecule has 1 aliphatic rings. The van der Waals surface area contributed by atoms with Gasteiger partial charge in [-0.3, -0.25) is 9.78 Å². The Balaban J connectivity index is 1.75. The summed E-state index contributed by atoms with van der Waals surface area (Å²) in [4.78, 5) is 18.9. The van der Waals surface area contributed by atoms with E-state index in [0.29, 0.717) is 36.0 Å². The van der Waals surface area contributed by atoms with Crippen LogP contribution in [0.3, 0.4) is 0 Å². The highest BCUT2D eigenvalue weighted by Crippen LogP contribution is 2.30. The minimum Gasteiger partial charge on any atom is -0.493 e. The molecule has 0 radical (unpaired) electrons. The minimum atomic E-state index is -0.227. The molecular weight excluding hydrogens is 322 g/mol. The quantitative estimate of drug-likeness (QED) is 0.897. The zero-order chi connectivity index (χ0) is 17.6. The molecule has 25 heavy (non-hydrogen) atoms. The molecule has 0 spiro atoms. The highest BCUT2D eigenvalue weighted by Gasteiger charge is 2.15. The summed E-state index contributed by atoms with van der Waals surface area (Å²) in [6, 6.07) is 7.07. The van der Waals surface area contributed by atoms with Crippen molar-refractivity contribution >= 4 is 17.3 Å². The number of ether oxygens (including phenoxy) is 3. The van der Waals surface area contributed by atoms with Gasteiger partial charge in [-0.2, -0.15) is 0 Å². The van der Waals surface area contributed by atoms with E-state index < -0.39 is 0 Å². The zero-order valence-corrected chi connectivity index (χ0v) is 14.3. The van der Waals surface area contributed by atoms with Gasteiger partial charge in [0.15, 0.2) is 11.5 Å². The van der Waals surface area contributed by atoms with Crippen molar-refractivity contribution in [3.8, 4) is 11.5 Å². The van der Waals surface area contributed by atoms with Crippen LogP contribution >= 0.6 is 0 Å². The summed E-state index contributed by atoms with van der Waals surface area (Å²) in [5.41, 5.74) is 2.04. The molecule has 0 atom stereocenters. The number of rotatable bonds is 5. The lowest BCUT2D eigenvalue weighted by atomic mass is 10.2. The molecule has 1 N–H and O–H groups in total. The number of carbonyl (C=O) groups excluding carboxylic acids is 1. The van der Waals surface area contributed by atoms with Crippen molar-refractivity contribution in [2.24, 2.45) is 0 Å². The average molecular weight is 343 g/mol. The molecule has 1 fully saturated rings. The van der Waals surface area contributed by atoms with E-state index in [4.69, 9.17) is 14.2 Å². The van der Waals surface area contributed by atoms with Crippen LogP contribution in [0, 0.1) is 0 Å². The van der Waals surface area contributed by atoms with Crippen LogP contribution in [0.1, 0.15) is 10.4 Å². The van der Waals surface area contributed by atoms with Crippen molar-refractivity contribution in [2.45, 2.75) is 0 Å². The zero-order valence-electron chi connectivity index (χ0n) is 14.3. The largest absolute Gasteiger partial charge is 0.493 e. The third kappa shape index (κ3) is 4.00. The van der Waals surface area contributed by atoms with Crippen LogP contribution in [-0.4, -0.2) is 51.4 Å². The molecule has 2 heterocycles. The van der Waals surface area contributed by atoms with Gasteiger partial charge in [-0.15, -0.1) is 0 Å². The number of amides is 1. The predicted molar refractivity (Wildman–Crippen MR) is 94.8 cm³/mol. The number of nitrogens with one attached hydrogen (secondary N) is 1. The lowest BCUT2D eigenvalue weighted by Crippen LogP contribution is -2.36. The summed E-state index contributed by atoms with van der Waals surface area (Å²) < 4.78 is 15.8. The third-order valence-corrected chi connectivity index (χ3v) is 4.00. The van der Waals surface area contributed by atoms with Gasteiger partial charge in [0.25, 0.3) is 5.91 Å². The summed E-state index contributed by atoms with van der Waals surface area (Å²) in [5.74, 6) is 0.937. The van der Waals surface area contributed by atoms with E-state index in [-0.39, 0.29) is 5.91 Å². The van der Waals surface area contributed by atoms with Crippen LogP contribution in [0.5, 0.6) is 11.5 Å². The first kappa shape index (κ1) is 17.0. The van der Waals surface area contributed by atoms with Gasteiger partial charge in [0, 0.05) is 31.0 Å². The van der Waals surface area contributed by atoms with E-state index in [1.807, 2.05) is 6.07 Å². The Morgan fingerprint density at radius 2 is 1.88 bits per heavy atom. The van der Waals surface area contributed by atoms with E-state index in [1.165, 1.54) is 0 Å². The molecule has 1 aromatic carbocycles. The number of methoxy groups -OCH3 is 2. The third-order valence-electron chi connectivity index (χ3n) is 4.00. The van der Waals surface area contributed by atoms with Crippen molar-refractivity contribution in [1.29, 1.82) is 0 Å². The van der Waals surface area contributed by atoms with Gasteiger partial charge in [0.2, 0.25) is 0 Å². The second-order valence-electron chi connectivity index (χ2n) is 5.56. The fourth-order valence-corrected chi connectivity index (χ4v) is 2.66. The van der Waals surface area contributed by atoms with Crippen molar-refractivity contribution in [3.63, 3.8) is 0 Å². The van der Waals surface area contributed by atoms with Gasteiger partial charge in [-0.25, -0.2) is 0 Å². The van der Waals surface area contributed by atoms with E-state index in [0.717, 1.165) is 18.8 Å². The minimum absolute atomic E-state index is 0.227. The van der Waals surface area contributed by atoms with Gasteiger partial charge >= 0.3 is 0 Å². The normalized spacial score (nSPS) is 14.1. The van der Waals surface area contributed by atoms with Crippen LogP contribution in [0.15, 0.2) is 36.7 Å². The fourth-order valence-electron chi connectivity index (χ4n) is 2.66. The van der Waals surface area contributed by atoms with Crippen molar-refractivity contribution in [3.05, 3.63) is 42.2 Å². The van der Waals surface area contributed by atoms with E-state index in [1.54, 1.807) is 44.8 Å². The van der Waals surface area contributed by atoms with Gasteiger partial charge in [-0.05, 0) is 18.2 Å². The summed E-state index contributed by atoms with van der Waals surface area (Å²) in [6.45, 7) is 2.95. The standard InChI is InChI=1S/C18H21N3O4/c1-23-16-4-3-14(10-17(16)24-2)20-18(22)13-9-15(12-19-11-13)21-5-7-25-8-6-21/h3-4,9-12H,5-8H2,1-2H3,(H,20,22). The smallest absolute Gasteiger partial charge is 0.257 e. The molecular formula is C18H21N3O4. The van der Waals surface area contributed by atoms with Crippen LogP contribution in [0.25, 0.3) is 0 Å². The molecule has 7 heteroatoms. The maximum atomic E-state index is 12.5. The summed E-state index contributed by atoms with van der Waals surface area (Å²) in [5, 5.41) is 2.86. The number of hydrogen-bond acceptors (Lipinski definition) is 6. The van der Waals surface area contributed by atoms with Crippen LogP contribution in [0.4, 0.5) is 11.4 Å². The average Bonchev–Trinajstić information content (AvgIpc) is 2.68. The highest BCUT2D eigenvalue weighted by molar-refractivity contribution is 6.04. The first-order chi connectivity index (χ1) is 12.2. The molecule has 7 nitrogen and oxygen atoms in total. The van der Waals surface area contributed by atoms with Gasteiger partial charge in [-0.1, -0.05) is 0 Å². The molecule has 1 amide bonds. The second kappa shape index (κ2) is 7.85. The number of aromatic nitrogens is 1. The Bertz CT molecular complexity index is 745. The Morgan fingerprint density at radius 1 is 1.12 bits per heavy atom. The molecule has 132 valence electrons. The monoisotopic (exact) mass is 343 g/mol. The first-order valence-corrected chi connectivity index (χ1v) is 8.02. The number of morpholine rings is 1.